The van der Waals surface area contributed by atoms with E-state index in [1.54, 1.807) is 6.33 Å². The Kier molecular flexibility index (Phi) is 4.86. The molecule has 0 aromatic carbocycles. The predicted molar refractivity (Wildman–Crippen MR) is 99.0 cm³/mol. The van der Waals surface area contributed by atoms with Gasteiger partial charge in [-0.2, -0.15) is 5.10 Å². The van der Waals surface area contributed by atoms with Crippen LogP contribution in [0.25, 0.3) is 0 Å². The van der Waals surface area contributed by atoms with E-state index in [1.165, 1.54) is 37.4 Å². The second-order valence-corrected chi connectivity index (χ2v) is 7.33. The Morgan fingerprint density at radius 1 is 1.31 bits per heavy atom. The summed E-state index contributed by atoms with van der Waals surface area (Å²) < 4.78 is 0. The Morgan fingerprint density at radius 3 is 3.08 bits per heavy atom. The van der Waals surface area contributed by atoms with E-state index in [0.717, 1.165) is 49.4 Å². The van der Waals surface area contributed by atoms with E-state index >= 15 is 0 Å². The molecule has 1 amide bonds. The van der Waals surface area contributed by atoms with Gasteiger partial charge in [0, 0.05) is 55.0 Å². The molecule has 0 spiro atoms. The Morgan fingerprint density at radius 2 is 2.19 bits per heavy atom. The molecule has 2 aliphatic rings. The van der Waals surface area contributed by atoms with Gasteiger partial charge in [0.2, 0.25) is 5.91 Å². The molecule has 0 bridgehead atoms. The molecule has 0 saturated carbocycles. The third kappa shape index (κ3) is 3.43. The number of anilines is 1. The van der Waals surface area contributed by atoms with Gasteiger partial charge in [-0.3, -0.25) is 9.89 Å². The van der Waals surface area contributed by atoms with E-state index in [9.17, 15) is 4.79 Å². The number of aromatic amines is 1. The first-order valence-electron chi connectivity index (χ1n) is 9.56. The summed E-state index contributed by atoms with van der Waals surface area (Å²) in [5.41, 5.74) is 4.81. The highest BCUT2D eigenvalue weighted by Crippen LogP contribution is 2.34. The zero-order valence-electron chi connectivity index (χ0n) is 15.3. The number of H-pyrrole nitrogens is 1. The average Bonchev–Trinajstić information content (AvgIpc) is 3.23. The van der Waals surface area contributed by atoms with Crippen LogP contribution in [-0.4, -0.2) is 39.2 Å². The van der Waals surface area contributed by atoms with E-state index in [2.05, 4.69) is 30.4 Å². The maximum Gasteiger partial charge on any atom is 0.217 e. The molecule has 0 radical (unpaired) electrons. The van der Waals surface area contributed by atoms with E-state index in [-0.39, 0.29) is 5.91 Å². The summed E-state index contributed by atoms with van der Waals surface area (Å²) in [4.78, 5) is 22.8. The van der Waals surface area contributed by atoms with Crippen LogP contribution in [0.5, 0.6) is 0 Å². The van der Waals surface area contributed by atoms with Crippen LogP contribution in [0.1, 0.15) is 61.0 Å². The lowest BCUT2D eigenvalue weighted by Crippen LogP contribution is -2.23. The first kappa shape index (κ1) is 17.0. The molecule has 7 nitrogen and oxygen atoms in total. The lowest BCUT2D eigenvalue weighted by atomic mass is 10.0. The molecule has 2 aromatic rings. The highest BCUT2D eigenvalue weighted by molar-refractivity contribution is 5.72. The molecule has 2 N–H and O–H groups in total. The molecular formula is C19H26N6O. The predicted octanol–water partition coefficient (Wildman–Crippen LogP) is 2.10. The van der Waals surface area contributed by atoms with Crippen LogP contribution in [0.3, 0.4) is 0 Å². The summed E-state index contributed by atoms with van der Waals surface area (Å²) in [6.45, 7) is 3.99. The SMILES string of the molecule is CC(=O)NCc1cn[nH]c1C1CCN(c2ncnc3c2CCCCC3)C1. The zero-order valence-corrected chi connectivity index (χ0v) is 15.3. The minimum atomic E-state index is -0.0196. The maximum absolute atomic E-state index is 11.2. The van der Waals surface area contributed by atoms with Gasteiger partial charge in [-0.25, -0.2) is 9.97 Å². The Bertz CT molecular complexity index is 786. The average molecular weight is 354 g/mol. The molecule has 1 saturated heterocycles. The third-order valence-corrected chi connectivity index (χ3v) is 5.53. The first-order valence-corrected chi connectivity index (χ1v) is 9.56. The number of aromatic nitrogens is 4. The number of hydrogen-bond acceptors (Lipinski definition) is 5. The normalized spacial score (nSPS) is 19.9. The molecule has 26 heavy (non-hydrogen) atoms. The molecule has 1 atom stereocenters. The van der Waals surface area contributed by atoms with Gasteiger partial charge < -0.3 is 10.2 Å². The van der Waals surface area contributed by atoms with Crippen molar-refractivity contribution in [2.45, 2.75) is 57.9 Å². The van der Waals surface area contributed by atoms with Crippen molar-refractivity contribution in [2.24, 2.45) is 0 Å². The van der Waals surface area contributed by atoms with Gasteiger partial charge >= 0.3 is 0 Å². The standard InChI is InChI=1S/C19H26N6O/c1-13(26)20-9-15-10-23-24-18(15)14-7-8-25(11-14)19-16-5-3-2-4-6-17(16)21-12-22-19/h10,12,14H,2-9,11H2,1H3,(H,20,26)(H,23,24). The summed E-state index contributed by atoms with van der Waals surface area (Å²) in [6.07, 6.45) is 10.5. The number of nitrogens with one attached hydrogen (secondary N) is 2. The van der Waals surface area contributed by atoms with Crippen molar-refractivity contribution in [1.29, 1.82) is 0 Å². The van der Waals surface area contributed by atoms with Gasteiger partial charge in [0.25, 0.3) is 0 Å². The molecule has 1 aliphatic heterocycles. The lowest BCUT2D eigenvalue weighted by Gasteiger charge is -2.21. The van der Waals surface area contributed by atoms with Crippen LogP contribution in [-0.2, 0) is 24.2 Å². The number of carbonyl (C=O) groups excluding carboxylic acids is 1. The Labute approximate surface area is 153 Å². The molecule has 7 heteroatoms. The quantitative estimate of drug-likeness (QED) is 0.821. The highest BCUT2D eigenvalue weighted by Gasteiger charge is 2.30. The zero-order chi connectivity index (χ0) is 17.9. The van der Waals surface area contributed by atoms with Crippen molar-refractivity contribution in [3.63, 3.8) is 0 Å². The van der Waals surface area contributed by atoms with Crippen LogP contribution >= 0.6 is 0 Å². The molecule has 138 valence electrons. The topological polar surface area (TPSA) is 86.8 Å². The van der Waals surface area contributed by atoms with Gasteiger partial charge in [0.15, 0.2) is 0 Å². The van der Waals surface area contributed by atoms with Crippen LogP contribution in [0, 0.1) is 0 Å². The molecule has 1 fully saturated rings. The van der Waals surface area contributed by atoms with Crippen molar-refractivity contribution in [2.75, 3.05) is 18.0 Å². The molecule has 3 heterocycles. The lowest BCUT2D eigenvalue weighted by molar-refractivity contribution is -0.119. The summed E-state index contributed by atoms with van der Waals surface area (Å²) in [5, 5.41) is 10.2. The van der Waals surface area contributed by atoms with Gasteiger partial charge in [-0.15, -0.1) is 0 Å². The highest BCUT2D eigenvalue weighted by atomic mass is 16.1. The fourth-order valence-corrected chi connectivity index (χ4v) is 4.18. The number of carbonyl (C=O) groups is 1. The number of nitrogens with zero attached hydrogens (tertiary/aromatic N) is 4. The summed E-state index contributed by atoms with van der Waals surface area (Å²) >= 11 is 0. The second kappa shape index (κ2) is 7.43. The molecule has 1 aliphatic carbocycles. The summed E-state index contributed by atoms with van der Waals surface area (Å²) in [5.74, 6) is 1.49. The number of aryl methyl sites for hydroxylation is 1. The number of rotatable bonds is 4. The summed E-state index contributed by atoms with van der Waals surface area (Å²) in [6, 6.07) is 0. The summed E-state index contributed by atoms with van der Waals surface area (Å²) in [7, 11) is 0. The third-order valence-electron chi connectivity index (χ3n) is 5.53. The van der Waals surface area contributed by atoms with Crippen molar-refractivity contribution >= 4 is 11.7 Å². The van der Waals surface area contributed by atoms with Crippen molar-refractivity contribution in [3.8, 4) is 0 Å². The van der Waals surface area contributed by atoms with Gasteiger partial charge in [0.1, 0.15) is 12.1 Å². The van der Waals surface area contributed by atoms with E-state index in [0.29, 0.717) is 12.5 Å². The van der Waals surface area contributed by atoms with Crippen LogP contribution in [0.2, 0.25) is 0 Å². The van der Waals surface area contributed by atoms with Gasteiger partial charge in [-0.05, 0) is 32.1 Å². The minimum absolute atomic E-state index is 0.0196. The van der Waals surface area contributed by atoms with Crippen LogP contribution in [0.4, 0.5) is 5.82 Å². The first-order chi connectivity index (χ1) is 12.7. The van der Waals surface area contributed by atoms with Crippen molar-refractivity contribution in [1.82, 2.24) is 25.5 Å². The van der Waals surface area contributed by atoms with Crippen molar-refractivity contribution < 1.29 is 4.79 Å². The minimum Gasteiger partial charge on any atom is -0.356 e. The number of amides is 1. The molecule has 1 unspecified atom stereocenters. The van der Waals surface area contributed by atoms with E-state index in [1.807, 2.05) is 6.20 Å². The Hall–Kier alpha value is -2.44. The fourth-order valence-electron chi connectivity index (χ4n) is 4.18. The fraction of sp³-hybridized carbons (Fsp3) is 0.579. The number of hydrogen-bond donors (Lipinski definition) is 2. The molecule has 4 rings (SSSR count). The van der Waals surface area contributed by atoms with Gasteiger partial charge in [0.05, 0.1) is 6.20 Å². The smallest absolute Gasteiger partial charge is 0.217 e. The number of fused-ring (bicyclic) bond motifs is 1. The molecule has 2 aromatic heterocycles. The second-order valence-electron chi connectivity index (χ2n) is 7.33. The van der Waals surface area contributed by atoms with Crippen LogP contribution in [0.15, 0.2) is 12.5 Å². The molecular weight excluding hydrogens is 328 g/mol. The Balaban J connectivity index is 1.52. The van der Waals surface area contributed by atoms with Crippen molar-refractivity contribution in [3.05, 3.63) is 35.0 Å². The van der Waals surface area contributed by atoms with E-state index in [4.69, 9.17) is 0 Å². The van der Waals surface area contributed by atoms with E-state index < -0.39 is 0 Å². The maximum atomic E-state index is 11.2. The largest absolute Gasteiger partial charge is 0.356 e. The van der Waals surface area contributed by atoms with Gasteiger partial charge in [-0.1, -0.05) is 6.42 Å². The monoisotopic (exact) mass is 354 g/mol. The van der Waals surface area contributed by atoms with Crippen LogP contribution < -0.4 is 10.2 Å².